The number of benzene rings is 2. The number of carbonyl (C=O) groups excluding carboxylic acids is 4. The number of carbonyl (C=O) groups is 4. The zero-order valence-electron chi connectivity index (χ0n) is 22.4. The van der Waals surface area contributed by atoms with Gasteiger partial charge in [-0.05, 0) is 35.7 Å². The monoisotopic (exact) mass is 576 g/mol. The first-order valence-corrected chi connectivity index (χ1v) is 13.9. The largest absolute Gasteiger partial charge is 0.497 e. The number of Topliss-reactive ketones (excluding diaryl/α,β-unsaturated/α-hetero) is 2. The number of methoxy groups -OCH3 is 1. The Morgan fingerprint density at radius 2 is 1.62 bits per heavy atom. The lowest BCUT2D eigenvalue weighted by atomic mass is 9.99. The Labute approximate surface area is 232 Å². The molecule has 13 heteroatoms. The van der Waals surface area contributed by atoms with Gasteiger partial charge < -0.3 is 24.3 Å². The molecule has 1 fully saturated rings. The van der Waals surface area contributed by atoms with Crippen molar-refractivity contribution in [3.05, 3.63) is 60.2 Å². The number of ether oxygens (including phenoxy) is 4. The SMILES string of the molecule is COc1ccc(S(=O)(=O)N(CC(C)C)C(=O)C(=O)C(=O)[C@@H](Cc2ccccc2)NC(=O)OC2COCOC2)cc1. The van der Waals surface area contributed by atoms with Crippen molar-refractivity contribution in [2.45, 2.75) is 37.3 Å². The maximum Gasteiger partial charge on any atom is 0.408 e. The average Bonchev–Trinajstić information content (AvgIpc) is 2.95. The van der Waals surface area contributed by atoms with E-state index in [0.29, 0.717) is 15.6 Å². The van der Waals surface area contributed by atoms with Crippen LogP contribution in [0.4, 0.5) is 4.79 Å². The van der Waals surface area contributed by atoms with E-state index in [0.717, 1.165) is 0 Å². The third-order valence-corrected chi connectivity index (χ3v) is 7.53. The summed E-state index contributed by atoms with van der Waals surface area (Å²) in [6.07, 6.45) is -1.92. The van der Waals surface area contributed by atoms with E-state index in [4.69, 9.17) is 18.9 Å². The van der Waals surface area contributed by atoms with Crippen molar-refractivity contribution in [2.75, 3.05) is 33.7 Å². The fourth-order valence-corrected chi connectivity index (χ4v) is 5.32. The highest BCUT2D eigenvalue weighted by Gasteiger charge is 2.40. The third kappa shape index (κ3) is 8.10. The predicted octanol–water partition coefficient (Wildman–Crippen LogP) is 1.72. The summed E-state index contributed by atoms with van der Waals surface area (Å²) in [5.41, 5.74) is 0.579. The highest BCUT2D eigenvalue weighted by molar-refractivity contribution is 7.89. The van der Waals surface area contributed by atoms with Crippen LogP contribution in [0.2, 0.25) is 0 Å². The zero-order valence-corrected chi connectivity index (χ0v) is 23.2. The van der Waals surface area contributed by atoms with Gasteiger partial charge in [-0.15, -0.1) is 0 Å². The first kappa shape index (κ1) is 30.7. The molecular formula is C27H32N2O10S. The topological polar surface area (TPSA) is 155 Å². The molecule has 40 heavy (non-hydrogen) atoms. The normalized spacial score (nSPS) is 14.7. The van der Waals surface area contributed by atoms with Crippen molar-refractivity contribution in [1.29, 1.82) is 0 Å². The molecule has 0 radical (unpaired) electrons. The van der Waals surface area contributed by atoms with Gasteiger partial charge in [0.25, 0.3) is 15.8 Å². The fraction of sp³-hybridized carbons (Fsp3) is 0.407. The number of ketones is 2. The molecule has 0 saturated carbocycles. The molecule has 12 nitrogen and oxygen atoms in total. The van der Waals surface area contributed by atoms with Gasteiger partial charge in [0.2, 0.25) is 5.78 Å². The molecule has 1 atom stereocenters. The predicted molar refractivity (Wildman–Crippen MR) is 141 cm³/mol. The molecule has 0 unspecified atom stereocenters. The highest BCUT2D eigenvalue weighted by atomic mass is 32.2. The van der Waals surface area contributed by atoms with Crippen LogP contribution in [0.5, 0.6) is 5.75 Å². The van der Waals surface area contributed by atoms with E-state index in [2.05, 4.69) is 5.32 Å². The number of rotatable bonds is 12. The number of nitrogens with zero attached hydrogens (tertiary/aromatic N) is 1. The standard InChI is InChI=1S/C27H32N2O10S/c1-18(2)14-29(40(34,35)22-11-9-20(36-3)10-12-22)26(32)25(31)24(30)23(13-19-7-5-4-6-8-19)28-27(33)39-21-15-37-17-38-16-21/h4-12,18,21,23H,13-17H2,1-3H3,(H,28,33)/t23-/m1/s1. The second-order valence-corrected chi connectivity index (χ2v) is 11.2. The number of amides is 2. The van der Waals surface area contributed by atoms with Crippen molar-refractivity contribution in [2.24, 2.45) is 5.92 Å². The zero-order chi connectivity index (χ0) is 29.3. The van der Waals surface area contributed by atoms with Crippen LogP contribution in [0.25, 0.3) is 0 Å². The minimum absolute atomic E-state index is 0.0551. The van der Waals surface area contributed by atoms with Gasteiger partial charge in [0.1, 0.15) is 18.6 Å². The van der Waals surface area contributed by atoms with E-state index >= 15 is 0 Å². The van der Waals surface area contributed by atoms with Crippen LogP contribution >= 0.6 is 0 Å². The summed E-state index contributed by atoms with van der Waals surface area (Å²) in [6.45, 7) is 3.17. The van der Waals surface area contributed by atoms with Gasteiger partial charge >= 0.3 is 12.0 Å². The number of hydrogen-bond acceptors (Lipinski definition) is 10. The molecule has 216 valence electrons. The highest BCUT2D eigenvalue weighted by Crippen LogP contribution is 2.21. The first-order valence-electron chi connectivity index (χ1n) is 12.5. The molecule has 1 heterocycles. The molecule has 0 aliphatic carbocycles. The summed E-state index contributed by atoms with van der Waals surface area (Å²) >= 11 is 0. The van der Waals surface area contributed by atoms with Gasteiger partial charge in [-0.3, -0.25) is 14.4 Å². The van der Waals surface area contributed by atoms with Crippen LogP contribution in [-0.2, 0) is 45.0 Å². The van der Waals surface area contributed by atoms with Crippen LogP contribution in [0.1, 0.15) is 19.4 Å². The summed E-state index contributed by atoms with van der Waals surface area (Å²) in [5, 5.41) is 2.33. The van der Waals surface area contributed by atoms with Crippen LogP contribution < -0.4 is 10.1 Å². The molecule has 0 aromatic heterocycles. The number of hydrogen-bond donors (Lipinski definition) is 1. The molecule has 2 amide bonds. The lowest BCUT2D eigenvalue weighted by Gasteiger charge is -2.25. The Hall–Kier alpha value is -3.81. The minimum atomic E-state index is -4.51. The van der Waals surface area contributed by atoms with Crippen LogP contribution in [0.15, 0.2) is 59.5 Å². The van der Waals surface area contributed by atoms with Crippen molar-refractivity contribution in [3.8, 4) is 5.75 Å². The van der Waals surface area contributed by atoms with E-state index in [1.807, 2.05) is 0 Å². The van der Waals surface area contributed by atoms with Gasteiger partial charge in [-0.1, -0.05) is 44.2 Å². The van der Waals surface area contributed by atoms with E-state index in [1.54, 1.807) is 44.2 Å². The van der Waals surface area contributed by atoms with Crippen molar-refractivity contribution >= 4 is 33.6 Å². The molecule has 1 aliphatic rings. The van der Waals surface area contributed by atoms with Gasteiger partial charge in [0, 0.05) is 13.0 Å². The van der Waals surface area contributed by atoms with Crippen LogP contribution in [0, 0.1) is 5.92 Å². The second kappa shape index (κ2) is 14.0. The number of alkyl carbamates (subject to hydrolysis) is 1. The molecule has 1 saturated heterocycles. The van der Waals surface area contributed by atoms with Crippen molar-refractivity contribution in [3.63, 3.8) is 0 Å². The summed E-state index contributed by atoms with van der Waals surface area (Å²) in [4.78, 5) is 52.1. The Kier molecular flexibility index (Phi) is 10.8. The second-order valence-electron chi connectivity index (χ2n) is 9.38. The molecular weight excluding hydrogens is 544 g/mol. The number of nitrogens with one attached hydrogen (secondary N) is 1. The summed E-state index contributed by atoms with van der Waals surface area (Å²) in [5.74, 6) is -4.39. The Balaban J connectivity index is 1.85. The van der Waals surface area contributed by atoms with Gasteiger partial charge in [-0.2, -0.15) is 0 Å². The fourth-order valence-electron chi connectivity index (χ4n) is 3.79. The van der Waals surface area contributed by atoms with E-state index < -0.39 is 45.7 Å². The quantitative estimate of drug-likeness (QED) is 0.292. The Morgan fingerprint density at radius 3 is 2.20 bits per heavy atom. The van der Waals surface area contributed by atoms with Crippen molar-refractivity contribution in [1.82, 2.24) is 9.62 Å². The Bertz CT molecular complexity index is 1290. The molecule has 1 N–H and O–H groups in total. The summed E-state index contributed by atoms with van der Waals surface area (Å²) in [6, 6.07) is 12.2. The van der Waals surface area contributed by atoms with Crippen LogP contribution in [-0.4, -0.2) is 82.1 Å². The van der Waals surface area contributed by atoms with E-state index in [-0.39, 0.29) is 43.8 Å². The van der Waals surface area contributed by atoms with Gasteiger partial charge in [0.15, 0.2) is 6.10 Å². The maximum absolute atomic E-state index is 13.4. The van der Waals surface area contributed by atoms with Gasteiger partial charge in [0.05, 0.1) is 25.2 Å². The summed E-state index contributed by atoms with van der Waals surface area (Å²) in [7, 11) is -3.10. The first-order chi connectivity index (χ1) is 19.0. The minimum Gasteiger partial charge on any atom is -0.497 e. The average molecular weight is 577 g/mol. The maximum atomic E-state index is 13.4. The molecule has 1 aliphatic heterocycles. The molecule has 0 spiro atoms. The van der Waals surface area contributed by atoms with Crippen molar-refractivity contribution < 1.29 is 46.5 Å². The molecule has 3 rings (SSSR count). The third-order valence-electron chi connectivity index (χ3n) is 5.76. The lowest BCUT2D eigenvalue weighted by molar-refractivity contribution is -0.152. The van der Waals surface area contributed by atoms with E-state index in [9.17, 15) is 27.6 Å². The van der Waals surface area contributed by atoms with Gasteiger partial charge in [-0.25, -0.2) is 17.5 Å². The molecule has 2 aromatic rings. The smallest absolute Gasteiger partial charge is 0.408 e. The number of sulfonamides is 1. The molecule has 2 aromatic carbocycles. The van der Waals surface area contributed by atoms with Crippen LogP contribution in [0.3, 0.4) is 0 Å². The lowest BCUT2D eigenvalue weighted by Crippen LogP contribution is -2.52. The summed E-state index contributed by atoms with van der Waals surface area (Å²) < 4.78 is 47.6. The Morgan fingerprint density at radius 1 is 1.00 bits per heavy atom. The van der Waals surface area contributed by atoms with E-state index in [1.165, 1.54) is 31.4 Å². The molecule has 0 bridgehead atoms.